The number of hydrogen-bond donors (Lipinski definition) is 0. The molecule has 142 valence electrons. The number of carbonyl (C=O) groups is 1. The summed E-state index contributed by atoms with van der Waals surface area (Å²) in [5, 5.41) is 0. The molecule has 0 fully saturated rings. The Hall–Kier alpha value is -2.35. The van der Waals surface area contributed by atoms with Gasteiger partial charge < -0.3 is 4.74 Å². The highest BCUT2D eigenvalue weighted by molar-refractivity contribution is 5.72. The molecule has 0 heterocycles. The number of ether oxygens (including phenoxy) is 1. The molecule has 0 bridgehead atoms. The van der Waals surface area contributed by atoms with Gasteiger partial charge in [0.15, 0.2) is 0 Å². The van der Waals surface area contributed by atoms with E-state index in [1.807, 2.05) is 24.3 Å². The van der Waals surface area contributed by atoms with Gasteiger partial charge in [-0.2, -0.15) is 0 Å². The van der Waals surface area contributed by atoms with Crippen LogP contribution in [0.4, 0.5) is 0 Å². The zero-order valence-electron chi connectivity index (χ0n) is 16.7. The van der Waals surface area contributed by atoms with Gasteiger partial charge in [-0.1, -0.05) is 62.7 Å². The van der Waals surface area contributed by atoms with Crippen molar-refractivity contribution in [1.82, 2.24) is 0 Å². The molecule has 0 amide bonds. The third kappa shape index (κ3) is 5.32. The van der Waals surface area contributed by atoms with E-state index >= 15 is 0 Å². The average Bonchev–Trinajstić information content (AvgIpc) is 2.69. The SMILES string of the molecule is CCC(C)CC1CC=C(c2ccc(-c3ccc(OC(C)=O)cc3)cc2)CC1. The van der Waals surface area contributed by atoms with E-state index < -0.39 is 0 Å². The van der Waals surface area contributed by atoms with Crippen molar-refractivity contribution >= 4 is 11.5 Å². The Labute approximate surface area is 163 Å². The summed E-state index contributed by atoms with van der Waals surface area (Å²) in [6.45, 7) is 6.08. The Morgan fingerprint density at radius 2 is 1.63 bits per heavy atom. The van der Waals surface area contributed by atoms with Gasteiger partial charge in [-0.05, 0) is 71.9 Å². The summed E-state index contributed by atoms with van der Waals surface area (Å²) in [4.78, 5) is 11.0. The minimum Gasteiger partial charge on any atom is -0.427 e. The first-order valence-corrected chi connectivity index (χ1v) is 10.1. The van der Waals surface area contributed by atoms with Gasteiger partial charge in [0.1, 0.15) is 5.75 Å². The van der Waals surface area contributed by atoms with Crippen molar-refractivity contribution in [1.29, 1.82) is 0 Å². The van der Waals surface area contributed by atoms with E-state index in [1.165, 1.54) is 55.7 Å². The molecule has 2 aromatic carbocycles. The number of allylic oxidation sites excluding steroid dienone is 2. The number of rotatable bonds is 6. The molecule has 0 radical (unpaired) electrons. The zero-order chi connectivity index (χ0) is 19.2. The second-order valence-corrected chi connectivity index (χ2v) is 7.81. The third-order valence-electron chi connectivity index (χ3n) is 5.66. The van der Waals surface area contributed by atoms with Gasteiger partial charge in [0.25, 0.3) is 0 Å². The summed E-state index contributed by atoms with van der Waals surface area (Å²) in [6, 6.07) is 16.5. The maximum atomic E-state index is 11.0. The van der Waals surface area contributed by atoms with Gasteiger partial charge in [0, 0.05) is 6.92 Å². The van der Waals surface area contributed by atoms with Crippen molar-refractivity contribution in [3.8, 4) is 16.9 Å². The first kappa shape index (κ1) is 19.4. The highest BCUT2D eigenvalue weighted by Crippen LogP contribution is 2.34. The molecular formula is C25H30O2. The van der Waals surface area contributed by atoms with Gasteiger partial charge in [0.05, 0.1) is 0 Å². The Bertz CT molecular complexity index is 784. The van der Waals surface area contributed by atoms with Crippen LogP contribution in [0, 0.1) is 11.8 Å². The van der Waals surface area contributed by atoms with Crippen molar-refractivity contribution in [2.75, 3.05) is 0 Å². The summed E-state index contributed by atoms with van der Waals surface area (Å²) in [7, 11) is 0. The second kappa shape index (κ2) is 9.03. The van der Waals surface area contributed by atoms with Crippen LogP contribution in [-0.4, -0.2) is 5.97 Å². The molecule has 27 heavy (non-hydrogen) atoms. The molecule has 0 spiro atoms. The second-order valence-electron chi connectivity index (χ2n) is 7.81. The number of benzene rings is 2. The molecule has 2 aromatic rings. The van der Waals surface area contributed by atoms with Gasteiger partial charge in [0.2, 0.25) is 0 Å². The molecule has 0 saturated heterocycles. The quantitative estimate of drug-likeness (QED) is 0.413. The van der Waals surface area contributed by atoms with Crippen LogP contribution in [0.15, 0.2) is 54.6 Å². The van der Waals surface area contributed by atoms with E-state index in [0.717, 1.165) is 17.4 Å². The van der Waals surface area contributed by atoms with E-state index in [2.05, 4.69) is 44.2 Å². The van der Waals surface area contributed by atoms with E-state index in [9.17, 15) is 4.79 Å². The van der Waals surface area contributed by atoms with Crippen LogP contribution in [0.3, 0.4) is 0 Å². The molecule has 2 heteroatoms. The van der Waals surface area contributed by atoms with E-state index in [0.29, 0.717) is 5.75 Å². The average molecular weight is 363 g/mol. The standard InChI is InChI=1S/C25H30O2/c1-4-18(2)17-20-5-7-21(8-6-20)22-9-11-23(12-10-22)24-13-15-25(16-14-24)27-19(3)26/h7,9-16,18,20H,4-6,8,17H2,1-3H3. The summed E-state index contributed by atoms with van der Waals surface area (Å²) in [5.74, 6) is 2.00. The van der Waals surface area contributed by atoms with Gasteiger partial charge in [-0.3, -0.25) is 4.79 Å². The van der Waals surface area contributed by atoms with Gasteiger partial charge in [-0.15, -0.1) is 0 Å². The highest BCUT2D eigenvalue weighted by Gasteiger charge is 2.17. The van der Waals surface area contributed by atoms with Crippen molar-refractivity contribution in [3.05, 3.63) is 60.2 Å². The van der Waals surface area contributed by atoms with Crippen LogP contribution in [0.5, 0.6) is 5.75 Å². The lowest BCUT2D eigenvalue weighted by molar-refractivity contribution is -0.131. The molecule has 1 aliphatic rings. The predicted octanol–water partition coefficient (Wildman–Crippen LogP) is 6.90. The van der Waals surface area contributed by atoms with Crippen molar-refractivity contribution in [2.45, 2.75) is 52.9 Å². The lowest BCUT2D eigenvalue weighted by Gasteiger charge is -2.24. The Morgan fingerprint density at radius 1 is 1.04 bits per heavy atom. The number of esters is 1. The van der Waals surface area contributed by atoms with Crippen LogP contribution < -0.4 is 4.74 Å². The smallest absolute Gasteiger partial charge is 0.308 e. The van der Waals surface area contributed by atoms with Crippen molar-refractivity contribution in [3.63, 3.8) is 0 Å². The molecule has 2 nitrogen and oxygen atoms in total. The molecule has 1 aliphatic carbocycles. The Kier molecular flexibility index (Phi) is 6.49. The monoisotopic (exact) mass is 362 g/mol. The molecule has 2 unspecified atom stereocenters. The van der Waals surface area contributed by atoms with E-state index in [4.69, 9.17) is 4.74 Å². The molecule has 0 N–H and O–H groups in total. The fourth-order valence-electron chi connectivity index (χ4n) is 3.86. The van der Waals surface area contributed by atoms with Crippen LogP contribution >= 0.6 is 0 Å². The molecule has 2 atom stereocenters. The minimum absolute atomic E-state index is 0.292. The van der Waals surface area contributed by atoms with Crippen LogP contribution in [0.25, 0.3) is 16.7 Å². The topological polar surface area (TPSA) is 26.3 Å². The molecule has 0 aromatic heterocycles. The maximum absolute atomic E-state index is 11.0. The Morgan fingerprint density at radius 3 is 2.15 bits per heavy atom. The normalized spacial score (nSPS) is 17.9. The fourth-order valence-corrected chi connectivity index (χ4v) is 3.86. The first-order chi connectivity index (χ1) is 13.0. The summed E-state index contributed by atoms with van der Waals surface area (Å²) < 4.78 is 5.10. The lowest BCUT2D eigenvalue weighted by Crippen LogP contribution is -2.09. The summed E-state index contributed by atoms with van der Waals surface area (Å²) in [6.07, 6.45) is 8.84. The van der Waals surface area contributed by atoms with E-state index in [1.54, 1.807) is 0 Å². The lowest BCUT2D eigenvalue weighted by atomic mass is 9.81. The molecular weight excluding hydrogens is 332 g/mol. The first-order valence-electron chi connectivity index (χ1n) is 10.1. The number of hydrogen-bond acceptors (Lipinski definition) is 2. The van der Waals surface area contributed by atoms with Crippen LogP contribution in [0.1, 0.15) is 58.4 Å². The molecule has 0 aliphatic heterocycles. The minimum atomic E-state index is -0.292. The fraction of sp³-hybridized carbons (Fsp3) is 0.400. The highest BCUT2D eigenvalue weighted by atomic mass is 16.5. The molecule has 0 saturated carbocycles. The van der Waals surface area contributed by atoms with Gasteiger partial charge >= 0.3 is 5.97 Å². The summed E-state index contributed by atoms with van der Waals surface area (Å²) >= 11 is 0. The predicted molar refractivity (Wildman–Crippen MR) is 113 cm³/mol. The molecule has 3 rings (SSSR count). The van der Waals surface area contributed by atoms with Crippen molar-refractivity contribution < 1.29 is 9.53 Å². The summed E-state index contributed by atoms with van der Waals surface area (Å²) in [5.41, 5.74) is 5.15. The largest absolute Gasteiger partial charge is 0.427 e. The van der Waals surface area contributed by atoms with E-state index in [-0.39, 0.29) is 5.97 Å². The Balaban J connectivity index is 1.64. The van der Waals surface area contributed by atoms with Crippen molar-refractivity contribution in [2.24, 2.45) is 11.8 Å². The maximum Gasteiger partial charge on any atom is 0.308 e. The zero-order valence-corrected chi connectivity index (χ0v) is 16.7. The third-order valence-corrected chi connectivity index (χ3v) is 5.66. The van der Waals surface area contributed by atoms with Crippen LogP contribution in [0.2, 0.25) is 0 Å². The number of carbonyl (C=O) groups excluding carboxylic acids is 1. The van der Waals surface area contributed by atoms with Crippen LogP contribution in [-0.2, 0) is 4.79 Å². The van der Waals surface area contributed by atoms with Gasteiger partial charge in [-0.25, -0.2) is 0 Å².